The summed E-state index contributed by atoms with van der Waals surface area (Å²) in [6.07, 6.45) is 2.60. The van der Waals surface area contributed by atoms with Gasteiger partial charge in [0, 0.05) is 30.6 Å². The lowest BCUT2D eigenvalue weighted by atomic mass is 10.2. The number of H-pyrrole nitrogens is 1. The smallest absolute Gasteiger partial charge is 0.166 e. The Morgan fingerprint density at radius 1 is 1.12 bits per heavy atom. The van der Waals surface area contributed by atoms with E-state index in [4.69, 9.17) is 4.74 Å². The van der Waals surface area contributed by atoms with Gasteiger partial charge in [0.25, 0.3) is 0 Å². The van der Waals surface area contributed by atoms with Crippen molar-refractivity contribution >= 4 is 53.3 Å². The van der Waals surface area contributed by atoms with Crippen LogP contribution in [-0.4, -0.2) is 30.2 Å². The van der Waals surface area contributed by atoms with E-state index in [0.717, 1.165) is 27.7 Å². The monoisotopic (exact) mass is 411 g/mol. The Labute approximate surface area is 170 Å². The van der Waals surface area contributed by atoms with Crippen LogP contribution >= 0.6 is 36.6 Å². The molecule has 0 atom stereocenters. The summed E-state index contributed by atoms with van der Waals surface area (Å²) in [6.45, 7) is 2.35. The van der Waals surface area contributed by atoms with E-state index in [9.17, 15) is 0 Å². The van der Waals surface area contributed by atoms with Crippen molar-refractivity contribution < 1.29 is 4.74 Å². The van der Waals surface area contributed by atoms with Crippen LogP contribution in [0.15, 0.2) is 47.6 Å². The Morgan fingerprint density at radius 3 is 2.65 bits per heavy atom. The summed E-state index contributed by atoms with van der Waals surface area (Å²) in [6, 6.07) is 14.7. The lowest BCUT2D eigenvalue weighted by Gasteiger charge is -2.21. The molecule has 4 nitrogen and oxygen atoms in total. The third-order valence-corrected chi connectivity index (χ3v) is 5.39. The summed E-state index contributed by atoms with van der Waals surface area (Å²) in [5.74, 6) is 1.77. The average molecular weight is 412 g/mol. The molecule has 26 heavy (non-hydrogen) atoms. The van der Waals surface area contributed by atoms with Gasteiger partial charge in [0.05, 0.1) is 18.1 Å². The molecular formula is C19H23Cl2N3OS. The number of imidazole rings is 1. The normalized spacial score (nSPS) is 13.3. The number of methoxy groups -OCH3 is 1. The lowest BCUT2D eigenvalue weighted by molar-refractivity contribution is 0.415. The van der Waals surface area contributed by atoms with Crippen LogP contribution in [0.5, 0.6) is 5.75 Å². The molecule has 1 fully saturated rings. The van der Waals surface area contributed by atoms with Gasteiger partial charge < -0.3 is 14.6 Å². The molecule has 0 aliphatic carbocycles. The van der Waals surface area contributed by atoms with Crippen LogP contribution in [-0.2, 0) is 5.75 Å². The third kappa shape index (κ3) is 4.40. The van der Waals surface area contributed by atoms with Crippen LogP contribution in [0, 0.1) is 0 Å². The number of anilines is 1. The van der Waals surface area contributed by atoms with Gasteiger partial charge in [-0.2, -0.15) is 0 Å². The Hall–Kier alpha value is -1.56. The van der Waals surface area contributed by atoms with Gasteiger partial charge in [0.15, 0.2) is 5.16 Å². The van der Waals surface area contributed by atoms with Crippen molar-refractivity contribution in [2.24, 2.45) is 0 Å². The quantitative estimate of drug-likeness (QED) is 0.577. The first kappa shape index (κ1) is 20.7. The van der Waals surface area contributed by atoms with Crippen LogP contribution < -0.4 is 9.64 Å². The predicted molar refractivity (Wildman–Crippen MR) is 115 cm³/mol. The molecular weight excluding hydrogens is 389 g/mol. The average Bonchev–Trinajstić information content (AvgIpc) is 3.28. The van der Waals surface area contributed by atoms with Crippen molar-refractivity contribution in [1.29, 1.82) is 0 Å². The number of hydrogen-bond acceptors (Lipinski definition) is 4. The molecule has 0 radical (unpaired) electrons. The van der Waals surface area contributed by atoms with Gasteiger partial charge in [-0.15, -0.1) is 24.8 Å². The molecule has 0 bridgehead atoms. The maximum Gasteiger partial charge on any atom is 0.166 e. The fourth-order valence-corrected chi connectivity index (χ4v) is 4.09. The van der Waals surface area contributed by atoms with Gasteiger partial charge in [-0.3, -0.25) is 0 Å². The number of nitrogens with one attached hydrogen (secondary N) is 1. The fourth-order valence-electron chi connectivity index (χ4n) is 3.21. The summed E-state index contributed by atoms with van der Waals surface area (Å²) in [7, 11) is 1.68. The molecule has 1 saturated heterocycles. The molecule has 0 saturated carbocycles. The highest BCUT2D eigenvalue weighted by Gasteiger charge is 2.15. The number of rotatable bonds is 5. The Bertz CT molecular complexity index is 850. The Balaban J connectivity index is 0.00000121. The molecule has 2 aromatic carbocycles. The van der Waals surface area contributed by atoms with E-state index in [2.05, 4.69) is 39.1 Å². The molecule has 1 N–H and O–H groups in total. The first-order chi connectivity index (χ1) is 11.8. The van der Waals surface area contributed by atoms with Crippen molar-refractivity contribution in [3.05, 3.63) is 48.0 Å². The van der Waals surface area contributed by atoms with E-state index in [0.29, 0.717) is 0 Å². The summed E-state index contributed by atoms with van der Waals surface area (Å²) in [4.78, 5) is 10.6. The number of benzene rings is 2. The maximum absolute atomic E-state index is 5.27. The second-order valence-electron chi connectivity index (χ2n) is 6.04. The van der Waals surface area contributed by atoms with Crippen LogP contribution in [0.2, 0.25) is 0 Å². The number of ether oxygens (including phenoxy) is 1. The van der Waals surface area contributed by atoms with Crippen LogP contribution in [0.3, 0.4) is 0 Å². The molecule has 0 spiro atoms. The highest BCUT2D eigenvalue weighted by molar-refractivity contribution is 7.98. The Morgan fingerprint density at radius 2 is 1.88 bits per heavy atom. The first-order valence-electron chi connectivity index (χ1n) is 8.33. The van der Waals surface area contributed by atoms with Gasteiger partial charge in [-0.1, -0.05) is 30.0 Å². The number of aromatic amines is 1. The number of para-hydroxylation sites is 1. The number of aromatic nitrogens is 2. The molecule has 0 unspecified atom stereocenters. The second-order valence-corrected chi connectivity index (χ2v) is 7.00. The zero-order valence-electron chi connectivity index (χ0n) is 14.6. The van der Waals surface area contributed by atoms with Crippen molar-refractivity contribution in [3.8, 4) is 5.75 Å². The molecule has 1 aromatic heterocycles. The summed E-state index contributed by atoms with van der Waals surface area (Å²) >= 11 is 1.75. The largest absolute Gasteiger partial charge is 0.497 e. The van der Waals surface area contributed by atoms with Gasteiger partial charge in [-0.05, 0) is 36.6 Å². The predicted octanol–water partition coefficient (Wildman–Crippen LogP) is 5.31. The number of nitrogens with zero attached hydrogens (tertiary/aromatic N) is 2. The van der Waals surface area contributed by atoms with Crippen molar-refractivity contribution in [2.75, 3.05) is 25.1 Å². The van der Waals surface area contributed by atoms with Gasteiger partial charge in [-0.25, -0.2) is 4.98 Å². The standard InChI is InChI=1S/C19H21N3OS.2ClH/c1-23-15-8-9-16-17(12-15)21-19(20-16)24-13-14-6-2-3-7-18(14)22-10-4-5-11-22;;/h2-3,6-9,12H,4-5,10-11,13H2,1H3,(H,20,21);2*1H. The van der Waals surface area contributed by atoms with E-state index >= 15 is 0 Å². The van der Waals surface area contributed by atoms with Crippen LogP contribution in [0.4, 0.5) is 5.69 Å². The van der Waals surface area contributed by atoms with Crippen LogP contribution in [0.1, 0.15) is 18.4 Å². The van der Waals surface area contributed by atoms with Crippen molar-refractivity contribution in [3.63, 3.8) is 0 Å². The molecule has 2 heterocycles. The van der Waals surface area contributed by atoms with Crippen molar-refractivity contribution in [1.82, 2.24) is 9.97 Å². The van der Waals surface area contributed by atoms with Gasteiger partial charge in [0.2, 0.25) is 0 Å². The molecule has 7 heteroatoms. The second kappa shape index (κ2) is 9.40. The Kier molecular flexibility index (Phi) is 7.50. The summed E-state index contributed by atoms with van der Waals surface area (Å²) < 4.78 is 5.27. The lowest BCUT2D eigenvalue weighted by Crippen LogP contribution is -2.18. The number of fused-ring (bicyclic) bond motifs is 1. The van der Waals surface area contributed by atoms with Gasteiger partial charge >= 0.3 is 0 Å². The van der Waals surface area contributed by atoms with Gasteiger partial charge in [0.1, 0.15) is 5.75 Å². The summed E-state index contributed by atoms with van der Waals surface area (Å²) in [5, 5.41) is 0.953. The number of halogens is 2. The molecule has 0 amide bonds. The minimum absolute atomic E-state index is 0. The van der Waals surface area contributed by atoms with E-state index < -0.39 is 0 Å². The number of thioether (sulfide) groups is 1. The molecule has 3 aromatic rings. The van der Waals surface area contributed by atoms with Crippen LogP contribution in [0.25, 0.3) is 11.0 Å². The zero-order valence-corrected chi connectivity index (χ0v) is 17.1. The molecule has 4 rings (SSSR count). The fraction of sp³-hybridized carbons (Fsp3) is 0.316. The highest BCUT2D eigenvalue weighted by atomic mass is 35.5. The van der Waals surface area contributed by atoms with Crippen molar-refractivity contribution in [2.45, 2.75) is 23.8 Å². The maximum atomic E-state index is 5.27. The molecule has 1 aliphatic heterocycles. The van der Waals surface area contributed by atoms with E-state index in [1.165, 1.54) is 37.2 Å². The minimum atomic E-state index is 0. The highest BCUT2D eigenvalue weighted by Crippen LogP contribution is 2.30. The molecule has 1 aliphatic rings. The number of hydrogen-bond donors (Lipinski definition) is 1. The van der Waals surface area contributed by atoms with E-state index in [1.54, 1.807) is 18.9 Å². The van der Waals surface area contributed by atoms with E-state index in [-0.39, 0.29) is 24.8 Å². The minimum Gasteiger partial charge on any atom is -0.497 e. The molecule has 140 valence electrons. The SMILES string of the molecule is COc1ccc2nc(SCc3ccccc3N3CCCC3)[nH]c2c1.Cl.Cl. The van der Waals surface area contributed by atoms with E-state index in [1.807, 2.05) is 18.2 Å². The third-order valence-electron chi connectivity index (χ3n) is 4.47. The first-order valence-corrected chi connectivity index (χ1v) is 9.31. The summed E-state index contributed by atoms with van der Waals surface area (Å²) in [5.41, 5.74) is 4.75. The zero-order chi connectivity index (χ0) is 16.4. The topological polar surface area (TPSA) is 41.1 Å².